The lowest BCUT2D eigenvalue weighted by molar-refractivity contribution is -0.138. The number of ether oxygens (including phenoxy) is 1. The fourth-order valence-electron chi connectivity index (χ4n) is 2.00. The van der Waals surface area contributed by atoms with Gasteiger partial charge in [-0.1, -0.05) is 0 Å². The molecule has 0 unspecified atom stereocenters. The lowest BCUT2D eigenvalue weighted by Gasteiger charge is -2.41. The van der Waals surface area contributed by atoms with E-state index in [1.807, 2.05) is 0 Å². The molecule has 0 atom stereocenters. The zero-order valence-electron chi connectivity index (χ0n) is 11.2. The second-order valence-electron chi connectivity index (χ2n) is 5.01. The van der Waals surface area contributed by atoms with Crippen LogP contribution in [-0.4, -0.2) is 53.8 Å². The minimum Gasteiger partial charge on any atom is -0.480 e. The van der Waals surface area contributed by atoms with Gasteiger partial charge in [-0.25, -0.2) is 4.79 Å². The topological polar surface area (TPSA) is 78.9 Å². The van der Waals surface area contributed by atoms with Gasteiger partial charge in [0.15, 0.2) is 0 Å². The molecule has 1 aliphatic rings. The smallest absolute Gasteiger partial charge is 0.323 e. The third-order valence-corrected chi connectivity index (χ3v) is 3.45. The highest BCUT2D eigenvalue weighted by Crippen LogP contribution is 2.34. The molecule has 1 saturated carbocycles. The summed E-state index contributed by atoms with van der Waals surface area (Å²) < 4.78 is 5.40. The van der Waals surface area contributed by atoms with Gasteiger partial charge >= 0.3 is 12.0 Å². The van der Waals surface area contributed by atoms with Crippen LogP contribution in [0.2, 0.25) is 0 Å². The number of hydrogen-bond acceptors (Lipinski definition) is 3. The van der Waals surface area contributed by atoms with Gasteiger partial charge in [-0.15, -0.1) is 0 Å². The molecular weight excluding hydrogens is 236 g/mol. The number of carbonyl (C=O) groups is 2. The molecule has 2 amide bonds. The molecule has 0 aromatic carbocycles. The second-order valence-corrected chi connectivity index (χ2v) is 5.01. The number of rotatable bonds is 6. The number of hydrogen-bond donors (Lipinski definition) is 2. The van der Waals surface area contributed by atoms with Crippen LogP contribution in [0.1, 0.15) is 33.1 Å². The number of carbonyl (C=O) groups excluding carboxylic acids is 1. The Morgan fingerprint density at radius 1 is 1.44 bits per heavy atom. The van der Waals surface area contributed by atoms with Gasteiger partial charge in [-0.2, -0.15) is 0 Å². The van der Waals surface area contributed by atoms with Crippen LogP contribution in [0.5, 0.6) is 0 Å². The van der Waals surface area contributed by atoms with E-state index in [2.05, 4.69) is 5.32 Å². The predicted octanol–water partition coefficient (Wildman–Crippen LogP) is 1.06. The van der Waals surface area contributed by atoms with Crippen molar-refractivity contribution in [1.29, 1.82) is 0 Å². The molecule has 1 aliphatic carbocycles. The average molecular weight is 258 g/mol. The van der Waals surface area contributed by atoms with Crippen molar-refractivity contribution in [2.75, 3.05) is 20.2 Å². The molecule has 6 heteroatoms. The van der Waals surface area contributed by atoms with Crippen molar-refractivity contribution in [2.45, 2.75) is 44.8 Å². The quantitative estimate of drug-likeness (QED) is 0.746. The van der Waals surface area contributed by atoms with Crippen LogP contribution < -0.4 is 5.32 Å². The molecule has 0 aromatic rings. The van der Waals surface area contributed by atoms with Crippen LogP contribution in [-0.2, 0) is 9.53 Å². The van der Waals surface area contributed by atoms with Crippen molar-refractivity contribution in [2.24, 2.45) is 0 Å². The first kappa shape index (κ1) is 14.8. The van der Waals surface area contributed by atoms with Crippen LogP contribution in [0.3, 0.4) is 0 Å². The average Bonchev–Trinajstić information content (AvgIpc) is 2.24. The summed E-state index contributed by atoms with van der Waals surface area (Å²) in [6, 6.07) is -0.503. The van der Waals surface area contributed by atoms with Gasteiger partial charge < -0.3 is 20.1 Å². The van der Waals surface area contributed by atoms with E-state index in [-0.39, 0.29) is 24.2 Å². The summed E-state index contributed by atoms with van der Waals surface area (Å²) in [4.78, 5) is 23.9. The molecule has 0 spiro atoms. The maximum atomic E-state index is 11.9. The van der Waals surface area contributed by atoms with Crippen LogP contribution in [0.15, 0.2) is 0 Å². The van der Waals surface area contributed by atoms with Crippen molar-refractivity contribution >= 4 is 12.0 Å². The number of amides is 2. The summed E-state index contributed by atoms with van der Waals surface area (Å²) in [6.45, 7) is 3.73. The number of nitrogens with zero attached hydrogens (tertiary/aromatic N) is 1. The van der Waals surface area contributed by atoms with Gasteiger partial charge in [0.05, 0.1) is 5.60 Å². The summed E-state index contributed by atoms with van der Waals surface area (Å²) in [6.07, 6.45) is 2.97. The van der Waals surface area contributed by atoms with Crippen LogP contribution in [0.25, 0.3) is 0 Å². The van der Waals surface area contributed by atoms with Gasteiger partial charge in [0.25, 0.3) is 0 Å². The highest BCUT2D eigenvalue weighted by Gasteiger charge is 2.37. The number of urea groups is 1. The first-order valence-electron chi connectivity index (χ1n) is 6.21. The maximum absolute atomic E-state index is 11.9. The normalized spacial score (nSPS) is 17.1. The molecule has 0 aromatic heterocycles. The van der Waals surface area contributed by atoms with E-state index in [4.69, 9.17) is 9.84 Å². The zero-order chi connectivity index (χ0) is 13.8. The van der Waals surface area contributed by atoms with Gasteiger partial charge in [-0.05, 0) is 33.1 Å². The highest BCUT2D eigenvalue weighted by atomic mass is 16.5. The Morgan fingerprint density at radius 2 is 2.06 bits per heavy atom. The van der Waals surface area contributed by atoms with Crippen LogP contribution in [0.4, 0.5) is 4.79 Å². The molecule has 0 aliphatic heterocycles. The molecule has 1 rings (SSSR count). The zero-order valence-corrected chi connectivity index (χ0v) is 11.2. The first-order chi connectivity index (χ1) is 8.40. The Kier molecular flexibility index (Phi) is 4.95. The number of methoxy groups -OCH3 is 1. The standard InChI is InChI=1S/C12H22N2O4/c1-9(2)14(7-10(15)16)11(17)13-8-12(18-3)5-4-6-12/h9H,4-8H2,1-3H3,(H,13,17)(H,15,16). The van der Waals surface area contributed by atoms with Crippen molar-refractivity contribution in [1.82, 2.24) is 10.2 Å². The number of aliphatic carboxylic acids is 1. The molecule has 6 nitrogen and oxygen atoms in total. The molecular formula is C12H22N2O4. The largest absolute Gasteiger partial charge is 0.480 e. The summed E-state index contributed by atoms with van der Waals surface area (Å²) in [7, 11) is 1.64. The molecule has 0 bridgehead atoms. The van der Waals surface area contributed by atoms with Crippen LogP contribution >= 0.6 is 0 Å². The van der Waals surface area contributed by atoms with E-state index in [1.54, 1.807) is 21.0 Å². The SMILES string of the molecule is COC1(CNC(=O)N(CC(=O)O)C(C)C)CCC1. The summed E-state index contributed by atoms with van der Waals surface area (Å²) in [5, 5.41) is 11.5. The van der Waals surface area contributed by atoms with Crippen molar-refractivity contribution in [3.05, 3.63) is 0 Å². The van der Waals surface area contributed by atoms with Crippen LogP contribution in [0, 0.1) is 0 Å². The van der Waals surface area contributed by atoms with Gasteiger partial charge in [0.2, 0.25) is 0 Å². The highest BCUT2D eigenvalue weighted by molar-refractivity contribution is 5.80. The predicted molar refractivity (Wildman–Crippen MR) is 66.5 cm³/mol. The molecule has 18 heavy (non-hydrogen) atoms. The molecule has 0 heterocycles. The van der Waals surface area contributed by atoms with E-state index < -0.39 is 5.97 Å². The fourth-order valence-corrected chi connectivity index (χ4v) is 2.00. The van der Waals surface area contributed by atoms with E-state index in [1.165, 1.54) is 4.90 Å². The fraction of sp³-hybridized carbons (Fsp3) is 0.833. The minimum atomic E-state index is -1.01. The third kappa shape index (κ3) is 3.60. The minimum absolute atomic E-state index is 0.152. The molecule has 104 valence electrons. The number of carboxylic acid groups (broad SMARTS) is 1. The summed E-state index contributed by atoms with van der Waals surface area (Å²) in [5.74, 6) is -1.01. The molecule has 1 fully saturated rings. The van der Waals surface area contributed by atoms with E-state index in [9.17, 15) is 9.59 Å². The van der Waals surface area contributed by atoms with E-state index >= 15 is 0 Å². The lowest BCUT2D eigenvalue weighted by Crippen LogP contribution is -2.54. The van der Waals surface area contributed by atoms with E-state index in [0.29, 0.717) is 6.54 Å². The summed E-state index contributed by atoms with van der Waals surface area (Å²) in [5.41, 5.74) is -0.248. The second kappa shape index (κ2) is 6.04. The first-order valence-corrected chi connectivity index (χ1v) is 6.21. The van der Waals surface area contributed by atoms with Gasteiger partial charge in [0.1, 0.15) is 6.54 Å². The Hall–Kier alpha value is -1.30. The van der Waals surface area contributed by atoms with Crippen molar-refractivity contribution in [3.63, 3.8) is 0 Å². The maximum Gasteiger partial charge on any atom is 0.323 e. The monoisotopic (exact) mass is 258 g/mol. The Balaban J connectivity index is 2.48. The van der Waals surface area contributed by atoms with Crippen molar-refractivity contribution < 1.29 is 19.4 Å². The molecule has 0 saturated heterocycles. The van der Waals surface area contributed by atoms with Gasteiger partial charge in [0, 0.05) is 19.7 Å². The third-order valence-electron chi connectivity index (χ3n) is 3.45. The Bertz CT molecular complexity index is 308. The van der Waals surface area contributed by atoms with Crippen molar-refractivity contribution in [3.8, 4) is 0 Å². The molecule has 0 radical (unpaired) electrons. The lowest BCUT2D eigenvalue weighted by atomic mass is 9.80. The Morgan fingerprint density at radius 3 is 2.39 bits per heavy atom. The summed E-state index contributed by atoms with van der Waals surface area (Å²) >= 11 is 0. The number of nitrogens with one attached hydrogen (secondary N) is 1. The molecule has 2 N–H and O–H groups in total. The van der Waals surface area contributed by atoms with E-state index in [0.717, 1.165) is 19.3 Å². The van der Waals surface area contributed by atoms with Gasteiger partial charge in [-0.3, -0.25) is 4.79 Å². The Labute approximate surface area is 107 Å². The number of carboxylic acids is 1.